The number of hydrogen-bond donors (Lipinski definition) is 2. The van der Waals surface area contributed by atoms with Crippen LogP contribution >= 0.6 is 0 Å². The van der Waals surface area contributed by atoms with Crippen molar-refractivity contribution in [1.82, 2.24) is 9.55 Å². The van der Waals surface area contributed by atoms with E-state index in [1.54, 1.807) is 6.33 Å². The highest BCUT2D eigenvalue weighted by Crippen LogP contribution is 2.14. The highest BCUT2D eigenvalue weighted by molar-refractivity contribution is 5.14. The van der Waals surface area contributed by atoms with Crippen LogP contribution in [0.3, 0.4) is 0 Å². The van der Waals surface area contributed by atoms with Crippen molar-refractivity contribution in [3.8, 4) is 0 Å². The molecule has 1 heterocycles. The van der Waals surface area contributed by atoms with E-state index in [-0.39, 0.29) is 12.6 Å². The predicted octanol–water partition coefficient (Wildman–Crippen LogP) is 0.111. The molecule has 4 nitrogen and oxygen atoms in total. The van der Waals surface area contributed by atoms with Crippen molar-refractivity contribution in [1.29, 1.82) is 0 Å². The maximum absolute atomic E-state index is 8.68. The molecule has 0 radical (unpaired) electrons. The van der Waals surface area contributed by atoms with Gasteiger partial charge in [-0.15, -0.1) is 0 Å². The maximum Gasteiger partial charge on any atom is 0.0949 e. The first-order valence-corrected chi connectivity index (χ1v) is 4.01. The molecule has 1 unspecified atom stereocenters. The number of imidazole rings is 1. The number of aliphatic hydroxyl groups excluding tert-OH is 1. The number of aromatic nitrogens is 2. The molecule has 0 amide bonds. The maximum atomic E-state index is 8.68. The van der Waals surface area contributed by atoms with Gasteiger partial charge < -0.3 is 15.4 Å². The van der Waals surface area contributed by atoms with Gasteiger partial charge in [0.2, 0.25) is 0 Å². The number of aryl methyl sites for hydroxylation is 1. The number of hydrogen-bond acceptors (Lipinski definition) is 3. The van der Waals surface area contributed by atoms with Gasteiger partial charge in [0.25, 0.3) is 0 Å². The lowest BCUT2D eigenvalue weighted by Gasteiger charge is -2.07. The molecule has 1 rings (SSSR count). The van der Waals surface area contributed by atoms with Crippen LogP contribution in [0.5, 0.6) is 0 Å². The Morgan fingerprint density at radius 3 is 2.83 bits per heavy atom. The highest BCUT2D eigenvalue weighted by atomic mass is 16.3. The van der Waals surface area contributed by atoms with E-state index in [0.29, 0.717) is 6.42 Å². The Labute approximate surface area is 72.0 Å². The third-order valence-electron chi connectivity index (χ3n) is 2.06. The standard InChI is InChI=1S/C8H15N3O/c1-6-8(7(9)3-4-12)10-5-11(6)2/h5,7,12H,3-4,9H2,1-2H3. The average molecular weight is 169 g/mol. The third kappa shape index (κ3) is 1.65. The van der Waals surface area contributed by atoms with E-state index in [0.717, 1.165) is 11.4 Å². The summed E-state index contributed by atoms with van der Waals surface area (Å²) < 4.78 is 1.92. The van der Waals surface area contributed by atoms with Gasteiger partial charge in [0.15, 0.2) is 0 Å². The van der Waals surface area contributed by atoms with E-state index in [2.05, 4.69) is 4.98 Å². The minimum atomic E-state index is -0.142. The lowest BCUT2D eigenvalue weighted by Crippen LogP contribution is -2.13. The Hall–Kier alpha value is -0.870. The predicted molar refractivity (Wildman–Crippen MR) is 46.6 cm³/mol. The molecule has 0 aliphatic carbocycles. The Morgan fingerprint density at radius 1 is 1.75 bits per heavy atom. The van der Waals surface area contributed by atoms with Gasteiger partial charge in [0.1, 0.15) is 0 Å². The Balaban J connectivity index is 2.80. The molecule has 0 aliphatic heterocycles. The van der Waals surface area contributed by atoms with Crippen molar-refractivity contribution in [2.24, 2.45) is 12.8 Å². The molecule has 0 aliphatic rings. The van der Waals surface area contributed by atoms with Crippen molar-refractivity contribution in [3.63, 3.8) is 0 Å². The first-order valence-electron chi connectivity index (χ1n) is 4.01. The summed E-state index contributed by atoms with van der Waals surface area (Å²) in [6, 6.07) is -0.142. The highest BCUT2D eigenvalue weighted by Gasteiger charge is 2.11. The molecule has 3 N–H and O–H groups in total. The van der Waals surface area contributed by atoms with Gasteiger partial charge in [0.05, 0.1) is 18.1 Å². The molecule has 0 spiro atoms. The summed E-state index contributed by atoms with van der Waals surface area (Å²) in [4.78, 5) is 4.16. The molecule has 1 aromatic heterocycles. The van der Waals surface area contributed by atoms with E-state index in [4.69, 9.17) is 10.8 Å². The molecule has 68 valence electrons. The molecule has 12 heavy (non-hydrogen) atoms. The summed E-state index contributed by atoms with van der Waals surface area (Å²) >= 11 is 0. The first-order chi connectivity index (χ1) is 5.66. The van der Waals surface area contributed by atoms with Crippen LogP contribution in [0.2, 0.25) is 0 Å². The zero-order valence-corrected chi connectivity index (χ0v) is 7.49. The quantitative estimate of drug-likeness (QED) is 0.675. The summed E-state index contributed by atoms with van der Waals surface area (Å²) in [5, 5.41) is 8.68. The molecule has 1 aromatic rings. The van der Waals surface area contributed by atoms with Gasteiger partial charge in [-0.3, -0.25) is 0 Å². The molecule has 0 saturated heterocycles. The first kappa shape index (κ1) is 9.22. The molecule has 0 bridgehead atoms. The number of aliphatic hydroxyl groups is 1. The van der Waals surface area contributed by atoms with Crippen LogP contribution in [-0.4, -0.2) is 21.3 Å². The van der Waals surface area contributed by atoms with Crippen molar-refractivity contribution < 1.29 is 5.11 Å². The van der Waals surface area contributed by atoms with Crippen molar-refractivity contribution in [3.05, 3.63) is 17.7 Å². The molecule has 0 fully saturated rings. The smallest absolute Gasteiger partial charge is 0.0949 e. The van der Waals surface area contributed by atoms with E-state index in [1.807, 2.05) is 18.5 Å². The Bertz CT molecular complexity index is 257. The number of nitrogens with two attached hydrogens (primary N) is 1. The molecular weight excluding hydrogens is 154 g/mol. The van der Waals surface area contributed by atoms with E-state index in [9.17, 15) is 0 Å². The SMILES string of the molecule is Cc1c(C(N)CCO)ncn1C. The topological polar surface area (TPSA) is 64.1 Å². The second kappa shape index (κ2) is 3.69. The average Bonchev–Trinajstić information content (AvgIpc) is 2.34. The fourth-order valence-corrected chi connectivity index (χ4v) is 1.15. The fourth-order valence-electron chi connectivity index (χ4n) is 1.15. The normalized spacial score (nSPS) is 13.3. The van der Waals surface area contributed by atoms with Crippen LogP contribution in [0.15, 0.2) is 6.33 Å². The summed E-state index contributed by atoms with van der Waals surface area (Å²) in [6.45, 7) is 2.08. The van der Waals surface area contributed by atoms with Gasteiger partial charge >= 0.3 is 0 Å². The van der Waals surface area contributed by atoms with E-state index >= 15 is 0 Å². The van der Waals surface area contributed by atoms with Crippen LogP contribution < -0.4 is 5.73 Å². The minimum absolute atomic E-state index is 0.108. The van der Waals surface area contributed by atoms with Crippen LogP contribution in [0.1, 0.15) is 23.9 Å². The molecule has 1 atom stereocenters. The number of rotatable bonds is 3. The zero-order valence-electron chi connectivity index (χ0n) is 7.49. The molecule has 0 aromatic carbocycles. The van der Waals surface area contributed by atoms with Gasteiger partial charge in [-0.25, -0.2) is 4.98 Å². The van der Waals surface area contributed by atoms with Crippen molar-refractivity contribution >= 4 is 0 Å². The second-order valence-corrected chi connectivity index (χ2v) is 2.94. The van der Waals surface area contributed by atoms with Crippen molar-refractivity contribution in [2.75, 3.05) is 6.61 Å². The third-order valence-corrected chi connectivity index (χ3v) is 2.06. The van der Waals surface area contributed by atoms with Gasteiger partial charge in [-0.1, -0.05) is 0 Å². The zero-order chi connectivity index (χ0) is 9.14. The lowest BCUT2D eigenvalue weighted by atomic mass is 10.1. The number of nitrogens with zero attached hydrogens (tertiary/aromatic N) is 2. The Morgan fingerprint density at radius 2 is 2.42 bits per heavy atom. The van der Waals surface area contributed by atoms with Crippen molar-refractivity contribution in [2.45, 2.75) is 19.4 Å². The van der Waals surface area contributed by atoms with Crippen LogP contribution in [0, 0.1) is 6.92 Å². The van der Waals surface area contributed by atoms with Gasteiger partial charge in [-0.2, -0.15) is 0 Å². The van der Waals surface area contributed by atoms with E-state index < -0.39 is 0 Å². The van der Waals surface area contributed by atoms with Crippen LogP contribution in [0.4, 0.5) is 0 Å². The summed E-state index contributed by atoms with van der Waals surface area (Å²) in [7, 11) is 1.93. The lowest BCUT2D eigenvalue weighted by molar-refractivity contribution is 0.275. The molecular formula is C8H15N3O. The van der Waals surface area contributed by atoms with E-state index in [1.165, 1.54) is 0 Å². The second-order valence-electron chi connectivity index (χ2n) is 2.94. The summed E-state index contributed by atoms with van der Waals surface area (Å²) in [5.74, 6) is 0. The summed E-state index contributed by atoms with van der Waals surface area (Å²) in [6.07, 6.45) is 2.31. The largest absolute Gasteiger partial charge is 0.396 e. The van der Waals surface area contributed by atoms with Crippen LogP contribution in [0.25, 0.3) is 0 Å². The monoisotopic (exact) mass is 169 g/mol. The van der Waals surface area contributed by atoms with Crippen LogP contribution in [-0.2, 0) is 7.05 Å². The Kier molecular flexibility index (Phi) is 2.83. The summed E-state index contributed by atoms with van der Waals surface area (Å²) in [5.41, 5.74) is 7.73. The molecule has 4 heteroatoms. The minimum Gasteiger partial charge on any atom is -0.396 e. The molecule has 0 saturated carbocycles. The van der Waals surface area contributed by atoms with Gasteiger partial charge in [-0.05, 0) is 13.3 Å². The van der Waals surface area contributed by atoms with Gasteiger partial charge in [0, 0.05) is 19.3 Å². The fraction of sp³-hybridized carbons (Fsp3) is 0.625.